The van der Waals surface area contributed by atoms with E-state index >= 15 is 0 Å². The second-order valence-corrected chi connectivity index (χ2v) is 7.15. The second-order valence-electron chi connectivity index (χ2n) is 6.02. The number of ether oxygens (including phenoxy) is 1. The fraction of sp³-hybridized carbons (Fsp3) is 0.222. The van der Waals surface area contributed by atoms with Gasteiger partial charge in [-0.05, 0) is 38.4 Å². The summed E-state index contributed by atoms with van der Waals surface area (Å²) in [7, 11) is 5.67. The van der Waals surface area contributed by atoms with E-state index in [0.29, 0.717) is 11.4 Å². The molecule has 136 valence electrons. The number of benzene rings is 1. The van der Waals surface area contributed by atoms with Gasteiger partial charge in [-0.15, -0.1) is 11.3 Å². The number of fused-ring (bicyclic) bond motifs is 1. The van der Waals surface area contributed by atoms with E-state index in [-0.39, 0.29) is 5.96 Å². The van der Waals surface area contributed by atoms with Crippen molar-refractivity contribution in [3.8, 4) is 10.8 Å². The molecule has 0 saturated carbocycles. The van der Waals surface area contributed by atoms with E-state index in [1.807, 2.05) is 38.4 Å². The fourth-order valence-corrected chi connectivity index (χ4v) is 3.46. The largest absolute Gasteiger partial charge is 0.444 e. The summed E-state index contributed by atoms with van der Waals surface area (Å²) in [6.07, 6.45) is 0. The molecule has 0 fully saturated rings. The molecule has 0 aliphatic heterocycles. The Morgan fingerprint density at radius 2 is 2.15 bits per heavy atom. The van der Waals surface area contributed by atoms with Crippen molar-refractivity contribution in [2.24, 2.45) is 10.7 Å². The first kappa shape index (κ1) is 18.0. The van der Waals surface area contributed by atoms with Crippen molar-refractivity contribution in [2.45, 2.75) is 6.54 Å². The number of para-hydroxylation sites is 1. The molecule has 0 saturated heterocycles. The summed E-state index contributed by atoms with van der Waals surface area (Å²) in [4.78, 5) is 22.4. The van der Waals surface area contributed by atoms with Crippen LogP contribution >= 0.6 is 11.3 Å². The molecule has 0 aliphatic carbocycles. The number of hydrogen-bond donors (Lipinski definition) is 3. The van der Waals surface area contributed by atoms with E-state index in [4.69, 9.17) is 10.5 Å². The molecule has 1 aromatic carbocycles. The molecule has 0 spiro atoms. The number of carbonyl (C=O) groups excluding carboxylic acids is 1. The number of carbonyl (C=O) groups is 1. The van der Waals surface area contributed by atoms with Crippen LogP contribution in [-0.2, 0) is 6.54 Å². The van der Waals surface area contributed by atoms with Gasteiger partial charge in [0, 0.05) is 23.9 Å². The lowest BCUT2D eigenvalue weighted by atomic mass is 10.2. The number of amides is 1. The number of nitrogens with two attached hydrogens (primary N) is 1. The summed E-state index contributed by atoms with van der Waals surface area (Å²) < 4.78 is 6.03. The molecule has 3 aromatic rings. The Kier molecular flexibility index (Phi) is 5.24. The predicted molar refractivity (Wildman–Crippen MR) is 105 cm³/mol. The average Bonchev–Trinajstić information content (AvgIpc) is 3.21. The van der Waals surface area contributed by atoms with Gasteiger partial charge in [0.15, 0.2) is 16.8 Å². The molecule has 7 nitrogen and oxygen atoms in total. The van der Waals surface area contributed by atoms with Crippen molar-refractivity contribution in [3.63, 3.8) is 0 Å². The number of nitrogens with zero attached hydrogens (tertiary/aromatic N) is 2. The molecular formula is C18H21N5O2S. The maximum absolute atomic E-state index is 12.2. The van der Waals surface area contributed by atoms with E-state index in [9.17, 15) is 4.79 Å². The van der Waals surface area contributed by atoms with Crippen molar-refractivity contribution in [2.75, 3.05) is 21.1 Å². The van der Waals surface area contributed by atoms with E-state index < -0.39 is 5.91 Å². The summed E-state index contributed by atoms with van der Waals surface area (Å²) in [5.74, 6) is 0.283. The van der Waals surface area contributed by atoms with Gasteiger partial charge in [0.05, 0.1) is 5.52 Å². The lowest BCUT2D eigenvalue weighted by molar-refractivity contribution is 0.0998. The Morgan fingerprint density at radius 1 is 1.35 bits per heavy atom. The summed E-state index contributed by atoms with van der Waals surface area (Å²) in [5.41, 5.74) is 6.65. The van der Waals surface area contributed by atoms with Crippen LogP contribution < -0.4 is 15.8 Å². The Balaban J connectivity index is 1.87. The summed E-state index contributed by atoms with van der Waals surface area (Å²) in [6, 6.07) is 11.4. The van der Waals surface area contributed by atoms with Gasteiger partial charge in [-0.1, -0.05) is 12.1 Å². The highest BCUT2D eigenvalue weighted by atomic mass is 32.1. The topological polar surface area (TPSA) is 95.7 Å². The van der Waals surface area contributed by atoms with E-state index in [0.717, 1.165) is 22.5 Å². The Hall–Kier alpha value is -2.84. The van der Waals surface area contributed by atoms with Gasteiger partial charge in [0.1, 0.15) is 5.69 Å². The molecule has 26 heavy (non-hydrogen) atoms. The first-order valence-electron chi connectivity index (χ1n) is 8.05. The molecule has 4 N–H and O–H groups in total. The van der Waals surface area contributed by atoms with Crippen LogP contribution in [0.1, 0.15) is 15.4 Å². The highest BCUT2D eigenvalue weighted by molar-refractivity contribution is 7.13. The van der Waals surface area contributed by atoms with Gasteiger partial charge >= 0.3 is 0 Å². The molecule has 3 rings (SSSR count). The molecule has 2 heterocycles. The molecule has 0 bridgehead atoms. The lowest BCUT2D eigenvalue weighted by Crippen LogP contribution is -2.28. The molecule has 2 aromatic heterocycles. The molecule has 0 aliphatic rings. The van der Waals surface area contributed by atoms with E-state index in [1.165, 1.54) is 4.88 Å². The Labute approximate surface area is 155 Å². The standard InChI is InChI=1S/C18H21N5O2S/c1-20-18(19)22-17(24)13-9-11-5-4-6-14(16(11)21-13)25-15-8-7-12(26-15)10-23(2)3/h4-9,21H,10H2,1-3H3,(H3,19,20,22,24). The number of nitrogens with one attached hydrogen (secondary N) is 2. The van der Waals surface area contributed by atoms with Crippen molar-refractivity contribution < 1.29 is 9.53 Å². The monoisotopic (exact) mass is 371 g/mol. The van der Waals surface area contributed by atoms with Crippen LogP contribution in [0.2, 0.25) is 0 Å². The highest BCUT2D eigenvalue weighted by Crippen LogP contribution is 2.34. The first-order chi connectivity index (χ1) is 12.5. The third-order valence-electron chi connectivity index (χ3n) is 3.65. The van der Waals surface area contributed by atoms with E-state index in [2.05, 4.69) is 26.3 Å². The number of aromatic nitrogens is 1. The van der Waals surface area contributed by atoms with Crippen molar-refractivity contribution >= 4 is 34.1 Å². The van der Waals surface area contributed by atoms with E-state index in [1.54, 1.807) is 24.5 Å². The normalized spacial score (nSPS) is 11.9. The Bertz CT molecular complexity index is 958. The number of H-pyrrole nitrogens is 1. The van der Waals surface area contributed by atoms with Crippen LogP contribution in [0.3, 0.4) is 0 Å². The van der Waals surface area contributed by atoms with Crippen molar-refractivity contribution in [1.29, 1.82) is 0 Å². The van der Waals surface area contributed by atoms with Gasteiger partial charge in [-0.25, -0.2) is 0 Å². The number of aromatic amines is 1. The van der Waals surface area contributed by atoms with Crippen LogP contribution in [0.15, 0.2) is 41.4 Å². The smallest absolute Gasteiger partial charge is 0.296 e. The number of rotatable bonds is 5. The zero-order valence-electron chi connectivity index (χ0n) is 14.9. The predicted octanol–water partition coefficient (Wildman–Crippen LogP) is 2.76. The minimum atomic E-state index is -0.441. The molecule has 0 unspecified atom stereocenters. The number of thiophene rings is 1. The quantitative estimate of drug-likeness (QED) is 0.473. The van der Waals surface area contributed by atoms with Crippen molar-refractivity contribution in [1.82, 2.24) is 15.2 Å². The van der Waals surface area contributed by atoms with Gasteiger partial charge in [0.2, 0.25) is 0 Å². The van der Waals surface area contributed by atoms with Crippen LogP contribution in [0.25, 0.3) is 10.9 Å². The summed E-state index contributed by atoms with van der Waals surface area (Å²) >= 11 is 1.60. The highest BCUT2D eigenvalue weighted by Gasteiger charge is 2.13. The third kappa shape index (κ3) is 4.04. The molecule has 0 radical (unpaired) electrons. The third-order valence-corrected chi connectivity index (χ3v) is 4.59. The minimum Gasteiger partial charge on any atom is -0.444 e. The van der Waals surface area contributed by atoms with Crippen molar-refractivity contribution in [3.05, 3.63) is 47.0 Å². The molecule has 8 heteroatoms. The van der Waals surface area contributed by atoms with Gasteiger partial charge < -0.3 is 25.7 Å². The maximum atomic E-state index is 12.2. The summed E-state index contributed by atoms with van der Waals surface area (Å²) in [5, 5.41) is 4.30. The zero-order chi connectivity index (χ0) is 18.7. The van der Waals surface area contributed by atoms with Crippen LogP contribution in [0.5, 0.6) is 10.8 Å². The van der Waals surface area contributed by atoms with Gasteiger partial charge in [-0.2, -0.15) is 4.99 Å². The zero-order valence-corrected chi connectivity index (χ0v) is 15.7. The molecule has 1 amide bonds. The van der Waals surface area contributed by atoms with Crippen LogP contribution in [0, 0.1) is 0 Å². The number of hydrogen-bond acceptors (Lipinski definition) is 4. The summed E-state index contributed by atoms with van der Waals surface area (Å²) in [6.45, 7) is 0.865. The maximum Gasteiger partial charge on any atom is 0.296 e. The molecule has 0 atom stereocenters. The average molecular weight is 371 g/mol. The van der Waals surface area contributed by atoms with Gasteiger partial charge in [-0.3, -0.25) is 4.79 Å². The van der Waals surface area contributed by atoms with Crippen LogP contribution in [-0.4, -0.2) is 42.9 Å². The SMILES string of the molecule is CNC(N)=NC(=O)c1cc2cccc(Oc3ccc(CN(C)C)s3)c2[nH]1. The second kappa shape index (κ2) is 7.59. The first-order valence-corrected chi connectivity index (χ1v) is 8.87. The number of guanidine groups is 1. The lowest BCUT2D eigenvalue weighted by Gasteiger charge is -2.06. The van der Waals surface area contributed by atoms with Gasteiger partial charge in [0.25, 0.3) is 5.91 Å². The Morgan fingerprint density at radius 3 is 2.88 bits per heavy atom. The van der Waals surface area contributed by atoms with Crippen LogP contribution in [0.4, 0.5) is 0 Å². The minimum absolute atomic E-state index is 0.0668. The number of aliphatic imine (C=N–C) groups is 1. The fourth-order valence-electron chi connectivity index (χ4n) is 2.47. The molecular weight excluding hydrogens is 350 g/mol.